The second-order valence-electron chi connectivity index (χ2n) is 8.08. The van der Waals surface area contributed by atoms with Gasteiger partial charge < -0.3 is 20.7 Å². The molecule has 1 aliphatic rings. The van der Waals surface area contributed by atoms with Crippen molar-refractivity contribution >= 4 is 22.8 Å². The number of nitrogen functional groups attached to an aromatic ring is 1. The molecule has 0 bridgehead atoms. The molecule has 2 aromatic carbocycles. The molecule has 0 radical (unpaired) electrons. The zero-order chi connectivity index (χ0) is 22.8. The molecular formula is C24H26FN7O. The average molecular weight is 448 g/mol. The monoisotopic (exact) mass is 447 g/mol. The Kier molecular flexibility index (Phi) is 5.78. The van der Waals surface area contributed by atoms with Crippen LogP contribution < -0.4 is 15.8 Å². The number of methoxy groups -OCH3 is 1. The van der Waals surface area contributed by atoms with Crippen LogP contribution in [0, 0.1) is 5.82 Å². The Hall–Kier alpha value is -3.72. The van der Waals surface area contributed by atoms with Crippen LogP contribution in [0.3, 0.4) is 0 Å². The molecule has 0 unspecified atom stereocenters. The SMILES string of the molecule is COc1ccc(-n2nc3nc(NCCN4CCCC4)nc(-c4cccc(F)c4)c3c2N)cc1. The van der Waals surface area contributed by atoms with Crippen molar-refractivity contribution in [1.29, 1.82) is 0 Å². The number of anilines is 2. The van der Waals surface area contributed by atoms with Gasteiger partial charge in [-0.2, -0.15) is 4.98 Å². The fourth-order valence-electron chi connectivity index (χ4n) is 4.19. The Morgan fingerprint density at radius 2 is 1.88 bits per heavy atom. The average Bonchev–Trinajstić information content (AvgIpc) is 3.47. The maximum atomic E-state index is 14.0. The van der Waals surface area contributed by atoms with Gasteiger partial charge in [-0.05, 0) is 62.3 Å². The number of nitrogens with two attached hydrogens (primary N) is 1. The number of fused-ring (bicyclic) bond motifs is 1. The smallest absolute Gasteiger partial charge is 0.225 e. The number of nitrogens with zero attached hydrogens (tertiary/aromatic N) is 5. The summed E-state index contributed by atoms with van der Waals surface area (Å²) in [5, 5.41) is 8.54. The Labute approximate surface area is 191 Å². The van der Waals surface area contributed by atoms with E-state index in [1.54, 1.807) is 17.9 Å². The van der Waals surface area contributed by atoms with Gasteiger partial charge >= 0.3 is 0 Å². The van der Waals surface area contributed by atoms with Crippen LogP contribution in [0.4, 0.5) is 16.2 Å². The standard InChI is InChI=1S/C24H26FN7O/c1-33-19-9-7-18(8-10-19)32-22(26)20-21(16-5-4-6-17(25)15-16)28-24(29-23(20)30-32)27-11-14-31-12-2-3-13-31/h4-10,15H,2-3,11-14,26H2,1H3,(H,27,29,30). The molecule has 1 fully saturated rings. The van der Waals surface area contributed by atoms with E-state index >= 15 is 0 Å². The molecule has 170 valence electrons. The zero-order valence-electron chi connectivity index (χ0n) is 18.5. The van der Waals surface area contributed by atoms with Crippen LogP contribution in [0.15, 0.2) is 48.5 Å². The van der Waals surface area contributed by atoms with Gasteiger partial charge in [-0.25, -0.2) is 14.1 Å². The molecule has 3 N–H and O–H groups in total. The number of benzene rings is 2. The molecule has 0 spiro atoms. The third-order valence-corrected chi connectivity index (χ3v) is 5.89. The van der Waals surface area contributed by atoms with Crippen LogP contribution in [-0.2, 0) is 0 Å². The van der Waals surface area contributed by atoms with Crippen LogP contribution in [-0.4, -0.2) is 57.9 Å². The zero-order valence-corrected chi connectivity index (χ0v) is 18.5. The first-order valence-electron chi connectivity index (χ1n) is 11.1. The third kappa shape index (κ3) is 4.31. The van der Waals surface area contributed by atoms with E-state index in [1.807, 2.05) is 30.3 Å². The number of aromatic nitrogens is 4. The van der Waals surface area contributed by atoms with Crippen molar-refractivity contribution in [1.82, 2.24) is 24.6 Å². The number of halogens is 1. The van der Waals surface area contributed by atoms with Crippen molar-refractivity contribution in [2.45, 2.75) is 12.8 Å². The fourth-order valence-corrected chi connectivity index (χ4v) is 4.19. The van der Waals surface area contributed by atoms with Gasteiger partial charge in [0.2, 0.25) is 5.95 Å². The normalized spacial score (nSPS) is 14.1. The summed E-state index contributed by atoms with van der Waals surface area (Å²) < 4.78 is 20.9. The summed E-state index contributed by atoms with van der Waals surface area (Å²) in [6, 6.07) is 13.7. The van der Waals surface area contributed by atoms with Crippen LogP contribution in [0.25, 0.3) is 28.0 Å². The number of hydrogen-bond acceptors (Lipinski definition) is 7. The molecule has 5 rings (SSSR count). The summed E-state index contributed by atoms with van der Waals surface area (Å²) in [6.07, 6.45) is 2.49. The maximum absolute atomic E-state index is 14.0. The highest BCUT2D eigenvalue weighted by molar-refractivity contribution is 5.99. The number of likely N-dealkylation sites (tertiary alicyclic amines) is 1. The van der Waals surface area contributed by atoms with Gasteiger partial charge in [-0.3, -0.25) is 0 Å². The lowest BCUT2D eigenvalue weighted by molar-refractivity contribution is 0.352. The molecule has 0 amide bonds. The van der Waals surface area contributed by atoms with Crippen molar-refractivity contribution in [3.63, 3.8) is 0 Å². The Balaban J connectivity index is 1.56. The number of nitrogens with one attached hydrogen (secondary N) is 1. The van der Waals surface area contributed by atoms with Crippen LogP contribution in [0.2, 0.25) is 0 Å². The Morgan fingerprint density at radius 1 is 1.09 bits per heavy atom. The highest BCUT2D eigenvalue weighted by Gasteiger charge is 2.20. The van der Waals surface area contributed by atoms with Crippen molar-refractivity contribution in [2.75, 3.05) is 44.3 Å². The van der Waals surface area contributed by atoms with Gasteiger partial charge in [-0.15, -0.1) is 5.10 Å². The summed E-state index contributed by atoms with van der Waals surface area (Å²) in [6.45, 7) is 3.87. The molecule has 1 aliphatic heterocycles. The Morgan fingerprint density at radius 3 is 2.61 bits per heavy atom. The first-order valence-corrected chi connectivity index (χ1v) is 11.1. The maximum Gasteiger partial charge on any atom is 0.225 e. The molecule has 8 nitrogen and oxygen atoms in total. The third-order valence-electron chi connectivity index (χ3n) is 5.89. The molecular weight excluding hydrogens is 421 g/mol. The molecule has 3 heterocycles. The lowest BCUT2D eigenvalue weighted by Crippen LogP contribution is -2.26. The van der Waals surface area contributed by atoms with E-state index in [9.17, 15) is 4.39 Å². The molecule has 33 heavy (non-hydrogen) atoms. The van der Waals surface area contributed by atoms with E-state index in [2.05, 4.69) is 20.3 Å². The topological polar surface area (TPSA) is 94.1 Å². The summed E-state index contributed by atoms with van der Waals surface area (Å²) >= 11 is 0. The minimum Gasteiger partial charge on any atom is -0.497 e. The minimum absolute atomic E-state index is 0.344. The van der Waals surface area contributed by atoms with E-state index in [1.165, 1.54) is 25.0 Å². The largest absolute Gasteiger partial charge is 0.497 e. The van der Waals surface area contributed by atoms with E-state index in [4.69, 9.17) is 15.5 Å². The highest BCUT2D eigenvalue weighted by Crippen LogP contribution is 2.33. The molecule has 0 saturated carbocycles. The summed E-state index contributed by atoms with van der Waals surface area (Å²) in [5.41, 5.74) is 8.89. The fraction of sp³-hybridized carbons (Fsp3) is 0.292. The summed E-state index contributed by atoms with van der Waals surface area (Å²) in [7, 11) is 1.62. The van der Waals surface area contributed by atoms with Gasteiger partial charge in [0.1, 0.15) is 17.4 Å². The predicted octanol–water partition coefficient (Wildman–Crippen LogP) is 3.72. The molecule has 1 saturated heterocycles. The van der Waals surface area contributed by atoms with Gasteiger partial charge in [0.25, 0.3) is 0 Å². The lowest BCUT2D eigenvalue weighted by atomic mass is 10.1. The summed E-state index contributed by atoms with van der Waals surface area (Å²) in [4.78, 5) is 11.7. The van der Waals surface area contributed by atoms with E-state index in [0.29, 0.717) is 40.6 Å². The van der Waals surface area contributed by atoms with Crippen molar-refractivity contribution in [3.8, 4) is 22.7 Å². The number of ether oxygens (including phenoxy) is 1. The van der Waals surface area contributed by atoms with Crippen molar-refractivity contribution < 1.29 is 9.13 Å². The predicted molar refractivity (Wildman–Crippen MR) is 127 cm³/mol. The second kappa shape index (κ2) is 9.03. The molecule has 2 aromatic heterocycles. The van der Waals surface area contributed by atoms with Crippen molar-refractivity contribution in [3.05, 3.63) is 54.3 Å². The van der Waals surface area contributed by atoms with Gasteiger partial charge in [-0.1, -0.05) is 12.1 Å². The molecule has 9 heteroatoms. The number of hydrogen-bond donors (Lipinski definition) is 2. The molecule has 0 atom stereocenters. The molecule has 4 aromatic rings. The van der Waals surface area contributed by atoms with E-state index < -0.39 is 0 Å². The van der Waals surface area contributed by atoms with Crippen LogP contribution in [0.1, 0.15) is 12.8 Å². The molecule has 0 aliphatic carbocycles. The highest BCUT2D eigenvalue weighted by atomic mass is 19.1. The van der Waals surface area contributed by atoms with Gasteiger partial charge in [0.15, 0.2) is 5.65 Å². The minimum atomic E-state index is -0.344. The second-order valence-corrected chi connectivity index (χ2v) is 8.08. The lowest BCUT2D eigenvalue weighted by Gasteiger charge is -2.15. The van der Waals surface area contributed by atoms with Crippen LogP contribution in [0.5, 0.6) is 5.75 Å². The van der Waals surface area contributed by atoms with Crippen LogP contribution >= 0.6 is 0 Å². The first-order chi connectivity index (χ1) is 16.1. The summed E-state index contributed by atoms with van der Waals surface area (Å²) in [5.74, 6) is 1.22. The Bertz CT molecular complexity index is 1270. The van der Waals surface area contributed by atoms with E-state index in [0.717, 1.165) is 31.1 Å². The van der Waals surface area contributed by atoms with E-state index in [-0.39, 0.29) is 5.82 Å². The van der Waals surface area contributed by atoms with Gasteiger partial charge in [0, 0.05) is 18.7 Å². The quantitative estimate of drug-likeness (QED) is 0.446. The first kappa shape index (κ1) is 21.1. The van der Waals surface area contributed by atoms with Crippen molar-refractivity contribution in [2.24, 2.45) is 0 Å². The van der Waals surface area contributed by atoms with Gasteiger partial charge in [0.05, 0.1) is 23.9 Å². The number of rotatable bonds is 7.